The van der Waals surface area contributed by atoms with Gasteiger partial charge in [0.25, 0.3) is 0 Å². The fourth-order valence-electron chi connectivity index (χ4n) is 4.17. The maximum absolute atomic E-state index is 13.4. The van der Waals surface area contributed by atoms with E-state index in [4.69, 9.17) is 19.9 Å². The van der Waals surface area contributed by atoms with Crippen LogP contribution in [0.15, 0.2) is 0 Å². The molecular formula is C30H59NO5. The molecule has 6 nitrogen and oxygen atoms in total. The lowest BCUT2D eigenvalue weighted by Gasteiger charge is -2.38. The topological polar surface area (TPSA) is 87.9 Å². The third kappa shape index (κ3) is 13.4. The summed E-state index contributed by atoms with van der Waals surface area (Å²) in [7, 11) is 1.60. The van der Waals surface area contributed by atoms with Crippen LogP contribution in [0.25, 0.3) is 0 Å². The average Bonchev–Trinajstić information content (AvgIpc) is 2.85. The maximum atomic E-state index is 13.4. The lowest BCUT2D eigenvalue weighted by molar-refractivity contribution is -0.180. The number of methoxy groups -OCH3 is 1. The molecule has 0 aliphatic heterocycles. The lowest BCUT2D eigenvalue weighted by atomic mass is 9.68. The third-order valence-corrected chi connectivity index (χ3v) is 7.80. The van der Waals surface area contributed by atoms with E-state index in [0.717, 1.165) is 25.7 Å². The van der Waals surface area contributed by atoms with Crippen molar-refractivity contribution in [3.05, 3.63) is 0 Å². The number of ether oxygens (including phenoxy) is 3. The summed E-state index contributed by atoms with van der Waals surface area (Å²) in [6, 6.07) is 0. The Labute approximate surface area is 222 Å². The first-order valence-electron chi connectivity index (χ1n) is 14.7. The van der Waals surface area contributed by atoms with Crippen LogP contribution in [-0.2, 0) is 23.8 Å². The Morgan fingerprint density at radius 3 is 1.58 bits per heavy atom. The van der Waals surface area contributed by atoms with Crippen molar-refractivity contribution >= 4 is 11.9 Å². The number of esters is 2. The highest BCUT2D eigenvalue weighted by molar-refractivity contribution is 5.87. The van der Waals surface area contributed by atoms with Crippen LogP contribution in [0.1, 0.15) is 131 Å². The van der Waals surface area contributed by atoms with Gasteiger partial charge in [-0.05, 0) is 53.4 Å². The standard InChI is InChI=1S/C30H59NO5/c1-8-10-12-14-16-18-20-26(21-19-17-15-13-11-9-2)36-28(33)30(5,6)29(3,4)27(32)35-24-25(22-31)23-34-7/h25-26H,8-24,31H2,1-7H3. The quantitative estimate of drug-likeness (QED) is 0.115. The Morgan fingerprint density at radius 1 is 0.694 bits per heavy atom. The second kappa shape index (κ2) is 19.9. The van der Waals surface area contributed by atoms with Crippen molar-refractivity contribution in [3.8, 4) is 0 Å². The van der Waals surface area contributed by atoms with E-state index in [9.17, 15) is 9.59 Å². The fraction of sp³-hybridized carbons (Fsp3) is 0.933. The maximum Gasteiger partial charge on any atom is 0.312 e. The lowest BCUT2D eigenvalue weighted by Crippen LogP contribution is -2.48. The average molecular weight is 514 g/mol. The summed E-state index contributed by atoms with van der Waals surface area (Å²) >= 11 is 0. The van der Waals surface area contributed by atoms with E-state index >= 15 is 0 Å². The number of carbonyl (C=O) groups excluding carboxylic acids is 2. The van der Waals surface area contributed by atoms with Crippen molar-refractivity contribution in [2.75, 3.05) is 26.9 Å². The molecule has 214 valence electrons. The Bertz CT molecular complexity index is 560. The molecule has 0 bridgehead atoms. The van der Waals surface area contributed by atoms with Crippen LogP contribution >= 0.6 is 0 Å². The van der Waals surface area contributed by atoms with Crippen molar-refractivity contribution in [2.45, 2.75) is 138 Å². The van der Waals surface area contributed by atoms with E-state index in [1.54, 1.807) is 34.8 Å². The molecule has 0 aliphatic carbocycles. The zero-order chi connectivity index (χ0) is 27.5. The van der Waals surface area contributed by atoms with Crippen LogP contribution in [0, 0.1) is 16.7 Å². The molecule has 1 unspecified atom stereocenters. The van der Waals surface area contributed by atoms with Crippen LogP contribution in [0.4, 0.5) is 0 Å². The Hall–Kier alpha value is -1.14. The van der Waals surface area contributed by atoms with E-state index in [-0.39, 0.29) is 24.6 Å². The summed E-state index contributed by atoms with van der Waals surface area (Å²) in [6.07, 6.45) is 16.3. The van der Waals surface area contributed by atoms with E-state index in [1.165, 1.54) is 64.2 Å². The molecule has 1 atom stereocenters. The monoisotopic (exact) mass is 513 g/mol. The fourth-order valence-corrected chi connectivity index (χ4v) is 4.17. The van der Waals surface area contributed by atoms with Crippen molar-refractivity contribution in [3.63, 3.8) is 0 Å². The summed E-state index contributed by atoms with van der Waals surface area (Å²) in [4.78, 5) is 26.4. The normalized spacial score (nSPS) is 13.1. The zero-order valence-corrected chi connectivity index (χ0v) is 24.8. The van der Waals surface area contributed by atoms with Crippen molar-refractivity contribution in [1.29, 1.82) is 0 Å². The first-order chi connectivity index (χ1) is 17.1. The number of nitrogens with two attached hydrogens (primary N) is 1. The van der Waals surface area contributed by atoms with Crippen molar-refractivity contribution in [2.24, 2.45) is 22.5 Å². The summed E-state index contributed by atoms with van der Waals surface area (Å²) in [5, 5.41) is 0. The Balaban J connectivity index is 5.05. The number of carbonyl (C=O) groups is 2. The van der Waals surface area contributed by atoms with E-state index in [1.807, 2.05) is 0 Å². The van der Waals surface area contributed by atoms with Gasteiger partial charge in [-0.1, -0.05) is 78.1 Å². The second-order valence-corrected chi connectivity index (χ2v) is 11.5. The SMILES string of the molecule is CCCCCCCCC(CCCCCCCC)OC(=O)C(C)(C)C(C)(C)C(=O)OCC(CN)COC. The van der Waals surface area contributed by atoms with Gasteiger partial charge >= 0.3 is 11.9 Å². The minimum Gasteiger partial charge on any atom is -0.465 e. The molecule has 6 heteroatoms. The van der Waals surface area contributed by atoms with Crippen molar-refractivity contribution in [1.82, 2.24) is 0 Å². The summed E-state index contributed by atoms with van der Waals surface area (Å²) in [5.41, 5.74) is 3.68. The van der Waals surface area contributed by atoms with Crippen LogP contribution in [0.5, 0.6) is 0 Å². The summed E-state index contributed by atoms with van der Waals surface area (Å²) < 4.78 is 16.8. The van der Waals surface area contributed by atoms with Gasteiger partial charge in [-0.15, -0.1) is 0 Å². The molecule has 0 radical (unpaired) electrons. The van der Waals surface area contributed by atoms with Crippen LogP contribution in [0.3, 0.4) is 0 Å². The van der Waals surface area contributed by atoms with Gasteiger partial charge in [-0.3, -0.25) is 9.59 Å². The molecule has 0 aromatic rings. The van der Waals surface area contributed by atoms with Gasteiger partial charge in [0.05, 0.1) is 24.0 Å². The van der Waals surface area contributed by atoms with Gasteiger partial charge < -0.3 is 19.9 Å². The van der Waals surface area contributed by atoms with Crippen LogP contribution < -0.4 is 5.73 Å². The smallest absolute Gasteiger partial charge is 0.312 e. The largest absolute Gasteiger partial charge is 0.465 e. The van der Waals surface area contributed by atoms with Gasteiger partial charge in [0.1, 0.15) is 6.10 Å². The van der Waals surface area contributed by atoms with Gasteiger partial charge in [-0.25, -0.2) is 0 Å². The molecule has 0 rings (SSSR count). The van der Waals surface area contributed by atoms with Crippen molar-refractivity contribution < 1.29 is 23.8 Å². The molecule has 0 spiro atoms. The number of hydrogen-bond donors (Lipinski definition) is 1. The number of rotatable bonds is 23. The molecule has 0 heterocycles. The molecule has 0 aromatic heterocycles. The molecule has 2 N–H and O–H groups in total. The minimum absolute atomic E-state index is 0.0659. The van der Waals surface area contributed by atoms with Gasteiger partial charge in [0.15, 0.2) is 0 Å². The van der Waals surface area contributed by atoms with E-state index < -0.39 is 16.8 Å². The van der Waals surface area contributed by atoms with Crippen LogP contribution in [0.2, 0.25) is 0 Å². The highest BCUT2D eigenvalue weighted by Gasteiger charge is 2.51. The van der Waals surface area contributed by atoms with E-state index in [0.29, 0.717) is 13.2 Å². The molecule has 0 fully saturated rings. The second-order valence-electron chi connectivity index (χ2n) is 11.5. The summed E-state index contributed by atoms with van der Waals surface area (Å²) in [5.74, 6) is -0.801. The zero-order valence-electron chi connectivity index (χ0n) is 24.8. The molecule has 0 amide bonds. The van der Waals surface area contributed by atoms with Gasteiger partial charge in [0, 0.05) is 19.6 Å². The molecule has 0 aliphatic rings. The molecule has 0 saturated carbocycles. The number of hydrogen-bond acceptors (Lipinski definition) is 6. The highest BCUT2D eigenvalue weighted by atomic mass is 16.6. The Morgan fingerprint density at radius 2 is 1.14 bits per heavy atom. The molecule has 0 aromatic carbocycles. The first kappa shape index (κ1) is 34.9. The molecule has 0 saturated heterocycles. The predicted octanol–water partition coefficient (Wildman–Crippen LogP) is 7.22. The molecule has 36 heavy (non-hydrogen) atoms. The van der Waals surface area contributed by atoms with Gasteiger partial charge in [-0.2, -0.15) is 0 Å². The first-order valence-corrected chi connectivity index (χ1v) is 14.7. The van der Waals surface area contributed by atoms with Crippen LogP contribution in [-0.4, -0.2) is 44.9 Å². The van der Waals surface area contributed by atoms with Gasteiger partial charge in [0.2, 0.25) is 0 Å². The predicted molar refractivity (Wildman–Crippen MR) is 149 cm³/mol. The number of unbranched alkanes of at least 4 members (excludes halogenated alkanes) is 10. The third-order valence-electron chi connectivity index (χ3n) is 7.80. The molecular weight excluding hydrogens is 454 g/mol. The van der Waals surface area contributed by atoms with E-state index in [2.05, 4.69) is 13.8 Å². The highest BCUT2D eigenvalue weighted by Crippen LogP contribution is 2.41. The minimum atomic E-state index is -1.04. The Kier molecular flexibility index (Phi) is 19.3. The summed E-state index contributed by atoms with van der Waals surface area (Å²) in [6.45, 7) is 12.5.